The second-order valence-corrected chi connectivity index (χ2v) is 4.20. The van der Waals surface area contributed by atoms with E-state index in [9.17, 15) is 10.1 Å². The first-order chi connectivity index (χ1) is 8.58. The highest BCUT2D eigenvalue weighted by atomic mass is 35.5. The minimum atomic E-state index is -0.618. The van der Waals surface area contributed by atoms with Gasteiger partial charge in [-0.3, -0.25) is 0 Å². The van der Waals surface area contributed by atoms with Crippen molar-refractivity contribution >= 4 is 17.4 Å². The molecule has 1 unspecified atom stereocenters. The van der Waals surface area contributed by atoms with Crippen molar-refractivity contribution in [2.45, 2.75) is 12.6 Å². The lowest BCUT2D eigenvalue weighted by molar-refractivity contribution is -0.389. The molecule has 2 rings (SSSR count). The van der Waals surface area contributed by atoms with E-state index in [0.717, 1.165) is 5.56 Å². The highest BCUT2D eigenvalue weighted by molar-refractivity contribution is 6.32. The standard InChI is InChI=1S/C11H11ClN4O2/c12-9-6-15(14-11(9)16(17)18)7-10(13)8-4-2-1-3-5-8/h1-6,10H,7,13H2. The molecule has 94 valence electrons. The lowest BCUT2D eigenvalue weighted by Gasteiger charge is -2.09. The Morgan fingerprint density at radius 3 is 2.67 bits per heavy atom. The van der Waals surface area contributed by atoms with E-state index in [4.69, 9.17) is 17.3 Å². The molecule has 1 aromatic carbocycles. The molecule has 2 aromatic rings. The third-order valence-electron chi connectivity index (χ3n) is 2.48. The lowest BCUT2D eigenvalue weighted by Crippen LogP contribution is -2.17. The van der Waals surface area contributed by atoms with Gasteiger partial charge in [-0.1, -0.05) is 41.9 Å². The van der Waals surface area contributed by atoms with Gasteiger partial charge in [-0.25, -0.2) is 0 Å². The van der Waals surface area contributed by atoms with Crippen LogP contribution in [0.15, 0.2) is 36.5 Å². The number of nitro groups is 1. The molecule has 0 spiro atoms. The van der Waals surface area contributed by atoms with Gasteiger partial charge in [0.05, 0.1) is 23.9 Å². The SMILES string of the molecule is NC(Cn1cc(Cl)c([N+](=O)[O-])n1)c1ccccc1. The fourth-order valence-electron chi connectivity index (χ4n) is 1.61. The molecular weight excluding hydrogens is 256 g/mol. The molecule has 7 heteroatoms. The predicted octanol–water partition coefficient (Wildman–Crippen LogP) is 2.14. The molecule has 0 aliphatic heterocycles. The summed E-state index contributed by atoms with van der Waals surface area (Å²) in [5, 5.41) is 14.4. The number of nitrogens with zero attached hydrogens (tertiary/aromatic N) is 3. The number of aromatic nitrogens is 2. The average Bonchev–Trinajstić information content (AvgIpc) is 2.71. The summed E-state index contributed by atoms with van der Waals surface area (Å²) < 4.78 is 1.39. The summed E-state index contributed by atoms with van der Waals surface area (Å²) in [6.07, 6.45) is 1.41. The largest absolute Gasteiger partial charge is 0.408 e. The fourth-order valence-corrected chi connectivity index (χ4v) is 1.83. The summed E-state index contributed by atoms with van der Waals surface area (Å²) in [4.78, 5) is 9.99. The molecular formula is C11H11ClN4O2. The Balaban J connectivity index is 2.15. The molecule has 0 aliphatic rings. The molecule has 2 N–H and O–H groups in total. The van der Waals surface area contributed by atoms with Crippen LogP contribution in [-0.2, 0) is 6.54 Å². The van der Waals surface area contributed by atoms with E-state index >= 15 is 0 Å². The molecule has 0 saturated carbocycles. The van der Waals surface area contributed by atoms with Crippen LogP contribution in [0.3, 0.4) is 0 Å². The zero-order valence-electron chi connectivity index (χ0n) is 9.36. The molecule has 0 saturated heterocycles. The van der Waals surface area contributed by atoms with E-state index in [-0.39, 0.29) is 16.9 Å². The molecule has 1 heterocycles. The molecule has 0 aliphatic carbocycles. The summed E-state index contributed by atoms with van der Waals surface area (Å²) in [5.74, 6) is -0.350. The first-order valence-electron chi connectivity index (χ1n) is 5.26. The third kappa shape index (κ3) is 2.66. The van der Waals surface area contributed by atoms with Crippen LogP contribution in [0.1, 0.15) is 11.6 Å². The van der Waals surface area contributed by atoms with Gasteiger partial charge in [0.2, 0.25) is 0 Å². The summed E-state index contributed by atoms with van der Waals surface area (Å²) >= 11 is 5.70. The Morgan fingerprint density at radius 2 is 2.11 bits per heavy atom. The van der Waals surface area contributed by atoms with Gasteiger partial charge in [0.1, 0.15) is 0 Å². The maximum atomic E-state index is 10.6. The molecule has 1 aromatic heterocycles. The molecule has 1 atom stereocenters. The Bertz CT molecular complexity index is 555. The normalized spacial score (nSPS) is 12.3. The molecule has 18 heavy (non-hydrogen) atoms. The van der Waals surface area contributed by atoms with Gasteiger partial charge in [-0.05, 0) is 10.5 Å². The van der Waals surface area contributed by atoms with E-state index in [1.54, 1.807) is 0 Å². The Labute approximate surface area is 108 Å². The van der Waals surface area contributed by atoms with Gasteiger partial charge in [0.15, 0.2) is 5.02 Å². The third-order valence-corrected chi connectivity index (χ3v) is 2.75. The number of nitrogens with two attached hydrogens (primary N) is 1. The zero-order chi connectivity index (χ0) is 13.1. The van der Waals surface area contributed by atoms with Crippen LogP contribution in [0, 0.1) is 10.1 Å². The van der Waals surface area contributed by atoms with E-state index < -0.39 is 4.92 Å². The Morgan fingerprint density at radius 1 is 1.44 bits per heavy atom. The van der Waals surface area contributed by atoms with Gasteiger partial charge >= 0.3 is 5.82 Å². The van der Waals surface area contributed by atoms with Crippen LogP contribution >= 0.6 is 11.6 Å². The quantitative estimate of drug-likeness (QED) is 0.678. The van der Waals surface area contributed by atoms with Crippen molar-refractivity contribution < 1.29 is 4.92 Å². The molecule has 0 fully saturated rings. The highest BCUT2D eigenvalue weighted by Gasteiger charge is 2.20. The predicted molar refractivity (Wildman–Crippen MR) is 67.3 cm³/mol. The summed E-state index contributed by atoms with van der Waals surface area (Å²) in [6, 6.07) is 9.16. The summed E-state index contributed by atoms with van der Waals surface area (Å²) in [6.45, 7) is 0.331. The number of benzene rings is 1. The van der Waals surface area contributed by atoms with Crippen LogP contribution in [0.4, 0.5) is 5.82 Å². The second kappa shape index (κ2) is 5.16. The summed E-state index contributed by atoms with van der Waals surface area (Å²) in [5.41, 5.74) is 6.93. The zero-order valence-corrected chi connectivity index (χ0v) is 10.1. The number of halogens is 1. The van der Waals surface area contributed by atoms with Crippen molar-refractivity contribution in [2.75, 3.05) is 0 Å². The number of hydrogen-bond acceptors (Lipinski definition) is 4. The molecule has 0 amide bonds. The van der Waals surface area contributed by atoms with Crippen LogP contribution in [0.25, 0.3) is 0 Å². The van der Waals surface area contributed by atoms with Crippen LogP contribution in [-0.4, -0.2) is 14.7 Å². The molecule has 6 nitrogen and oxygen atoms in total. The maximum absolute atomic E-state index is 10.6. The maximum Gasteiger partial charge on any atom is 0.408 e. The summed E-state index contributed by atoms with van der Waals surface area (Å²) in [7, 11) is 0. The average molecular weight is 267 g/mol. The minimum Gasteiger partial charge on any atom is -0.358 e. The van der Waals surface area contributed by atoms with Gasteiger partial charge in [-0.2, -0.15) is 4.68 Å². The number of rotatable bonds is 4. The van der Waals surface area contributed by atoms with E-state index in [1.165, 1.54) is 10.9 Å². The minimum absolute atomic E-state index is 0.0141. The van der Waals surface area contributed by atoms with Crippen LogP contribution < -0.4 is 5.73 Å². The fraction of sp³-hybridized carbons (Fsp3) is 0.182. The van der Waals surface area contributed by atoms with Gasteiger partial charge in [0, 0.05) is 0 Å². The van der Waals surface area contributed by atoms with Crippen molar-refractivity contribution in [1.29, 1.82) is 0 Å². The van der Waals surface area contributed by atoms with Crippen LogP contribution in [0.2, 0.25) is 5.02 Å². The van der Waals surface area contributed by atoms with E-state index in [1.807, 2.05) is 30.3 Å². The molecule has 0 radical (unpaired) electrons. The first kappa shape index (κ1) is 12.5. The highest BCUT2D eigenvalue weighted by Crippen LogP contribution is 2.22. The van der Waals surface area contributed by atoms with Crippen molar-refractivity contribution in [3.05, 3.63) is 57.2 Å². The topological polar surface area (TPSA) is 87.0 Å². The lowest BCUT2D eigenvalue weighted by atomic mass is 10.1. The first-order valence-corrected chi connectivity index (χ1v) is 5.63. The van der Waals surface area contributed by atoms with Gasteiger partial charge in [0.25, 0.3) is 0 Å². The second-order valence-electron chi connectivity index (χ2n) is 3.80. The van der Waals surface area contributed by atoms with Crippen molar-refractivity contribution in [2.24, 2.45) is 5.73 Å². The van der Waals surface area contributed by atoms with Crippen molar-refractivity contribution in [1.82, 2.24) is 9.78 Å². The van der Waals surface area contributed by atoms with Gasteiger partial charge in [-0.15, -0.1) is 0 Å². The Kier molecular flexibility index (Phi) is 3.59. The Hall–Kier alpha value is -1.92. The van der Waals surface area contributed by atoms with E-state index in [0.29, 0.717) is 6.54 Å². The van der Waals surface area contributed by atoms with Crippen molar-refractivity contribution in [3.63, 3.8) is 0 Å². The smallest absolute Gasteiger partial charge is 0.358 e. The van der Waals surface area contributed by atoms with Crippen LogP contribution in [0.5, 0.6) is 0 Å². The molecule has 0 bridgehead atoms. The van der Waals surface area contributed by atoms with Gasteiger partial charge < -0.3 is 15.8 Å². The number of hydrogen-bond donors (Lipinski definition) is 1. The monoisotopic (exact) mass is 266 g/mol. The van der Waals surface area contributed by atoms with E-state index in [2.05, 4.69) is 5.10 Å². The van der Waals surface area contributed by atoms with Crippen molar-refractivity contribution in [3.8, 4) is 0 Å².